The summed E-state index contributed by atoms with van der Waals surface area (Å²) in [5.74, 6) is -2.43. The molecule has 3 aromatic heterocycles. The molecule has 1 N–H and O–H groups in total. The number of rotatable bonds is 9. The monoisotopic (exact) mass is 767 g/mol. The molecular weight excluding hydrogens is 742 g/mol. The van der Waals surface area contributed by atoms with Gasteiger partial charge in [0.15, 0.2) is 5.75 Å². The third kappa shape index (κ3) is 7.05. The fraction of sp³-hybridized carbons (Fsp3) is 0.139. The second-order valence-electron chi connectivity index (χ2n) is 11.9. The smallest absolute Gasteiger partial charge is 0.747 e. The summed E-state index contributed by atoms with van der Waals surface area (Å²) in [6.07, 6.45) is 2.32. The summed E-state index contributed by atoms with van der Waals surface area (Å²) >= 11 is 0. The Kier molecular flexibility index (Phi) is 9.64. The van der Waals surface area contributed by atoms with Gasteiger partial charge in [0.05, 0.1) is 18.7 Å². The van der Waals surface area contributed by atoms with Crippen molar-refractivity contribution in [3.63, 3.8) is 0 Å². The van der Waals surface area contributed by atoms with Gasteiger partial charge >= 0.3 is 57.4 Å². The molecule has 13 nitrogen and oxygen atoms in total. The molecule has 0 atom stereocenters. The molecule has 0 bridgehead atoms. The van der Waals surface area contributed by atoms with Gasteiger partial charge in [0, 0.05) is 44.6 Å². The van der Waals surface area contributed by atoms with Crippen LogP contribution in [0.4, 0.5) is 5.69 Å². The Morgan fingerprint density at radius 2 is 1.42 bits per heavy atom. The van der Waals surface area contributed by atoms with E-state index in [-0.39, 0.29) is 97.8 Å². The molecule has 0 unspecified atom stereocenters. The van der Waals surface area contributed by atoms with Crippen LogP contribution in [-0.2, 0) is 35.5 Å². The molecule has 7 aromatic rings. The maximum Gasteiger partial charge on any atom is 1.00 e. The standard InChI is InChI=1S/C36H27NO12S2.K/c1-2-45-36(38)13-20(11-30-26(18-50(39,40)41)25-15-31-23(14-32(25)48-30)21-7-3-5-9-28(21)46-31)12-35-37(19-51(42,43)44)27-17-33-24(16-34(27)49-35)22-8-4-6-10-29(22)47-33;/h3-12,14-17H,2,13,18-19H2,1H3,(H,39,40,41)(H,42,43,44);/q;+1/p-1/b20-11+,35-12+;. The number of benzene rings is 4. The molecule has 4 heterocycles. The first-order chi connectivity index (χ1) is 24.3. The first-order valence-electron chi connectivity index (χ1n) is 15.6. The molecule has 8 rings (SSSR count). The Hall–Kier alpha value is -3.97. The number of para-hydroxylation sites is 2. The zero-order valence-electron chi connectivity index (χ0n) is 27.6. The van der Waals surface area contributed by atoms with Gasteiger partial charge in [0.2, 0.25) is 5.88 Å². The second-order valence-corrected chi connectivity index (χ2v) is 14.8. The number of allylic oxidation sites excluding steroid dienone is 1. The largest absolute Gasteiger partial charge is 1.00 e. The molecule has 1 aliphatic heterocycles. The maximum atomic E-state index is 12.8. The van der Waals surface area contributed by atoms with Gasteiger partial charge in [0.25, 0.3) is 10.1 Å². The number of fused-ring (bicyclic) bond motifs is 8. The maximum absolute atomic E-state index is 12.8. The molecule has 0 aliphatic carbocycles. The normalized spacial score (nSPS) is 14.5. The van der Waals surface area contributed by atoms with E-state index in [0.717, 1.165) is 15.7 Å². The van der Waals surface area contributed by atoms with Gasteiger partial charge in [-0.25, -0.2) is 8.42 Å². The summed E-state index contributed by atoms with van der Waals surface area (Å²) in [5.41, 5.74) is 2.82. The zero-order valence-corrected chi connectivity index (χ0v) is 32.4. The van der Waals surface area contributed by atoms with Crippen molar-refractivity contribution in [2.24, 2.45) is 0 Å². The van der Waals surface area contributed by atoms with Gasteiger partial charge in [-0.1, -0.05) is 36.4 Å². The summed E-state index contributed by atoms with van der Waals surface area (Å²) in [4.78, 5) is 14.0. The van der Waals surface area contributed by atoms with E-state index >= 15 is 0 Å². The van der Waals surface area contributed by atoms with Gasteiger partial charge in [-0.05, 0) is 48.9 Å². The fourth-order valence-corrected chi connectivity index (χ4v) is 7.65. The van der Waals surface area contributed by atoms with E-state index in [4.69, 9.17) is 22.7 Å². The van der Waals surface area contributed by atoms with Crippen LogP contribution in [0.1, 0.15) is 24.7 Å². The number of hydrogen-bond acceptors (Lipinski definition) is 12. The summed E-state index contributed by atoms with van der Waals surface area (Å²) in [6.45, 7) is 1.68. The number of furan rings is 3. The molecule has 0 spiro atoms. The summed E-state index contributed by atoms with van der Waals surface area (Å²) in [5, 5.41) is 3.33. The second kappa shape index (κ2) is 13.8. The fourth-order valence-electron chi connectivity index (χ4n) is 6.40. The Labute approximate surface area is 338 Å². The minimum absolute atomic E-state index is 0. The van der Waals surface area contributed by atoms with Crippen LogP contribution in [0.2, 0.25) is 0 Å². The van der Waals surface area contributed by atoms with E-state index in [0.29, 0.717) is 38.5 Å². The molecule has 0 fully saturated rings. The minimum Gasteiger partial charge on any atom is -0.747 e. The number of esters is 1. The van der Waals surface area contributed by atoms with Crippen LogP contribution in [0.5, 0.6) is 5.75 Å². The van der Waals surface area contributed by atoms with Crippen LogP contribution >= 0.6 is 0 Å². The topological polar surface area (TPSA) is 190 Å². The van der Waals surface area contributed by atoms with Crippen LogP contribution in [0, 0.1) is 0 Å². The quantitative estimate of drug-likeness (QED) is 0.125. The van der Waals surface area contributed by atoms with E-state index in [2.05, 4.69) is 0 Å². The van der Waals surface area contributed by atoms with E-state index in [1.165, 1.54) is 12.2 Å². The van der Waals surface area contributed by atoms with Gasteiger partial charge < -0.3 is 27.3 Å². The molecule has 1 aliphatic rings. The first kappa shape index (κ1) is 36.4. The molecule has 0 radical (unpaired) electrons. The van der Waals surface area contributed by atoms with Crippen molar-refractivity contribution >= 4 is 92.8 Å². The van der Waals surface area contributed by atoms with Crippen molar-refractivity contribution in [2.45, 2.75) is 19.1 Å². The molecule has 0 saturated carbocycles. The first-order valence-corrected chi connectivity index (χ1v) is 18.8. The summed E-state index contributed by atoms with van der Waals surface area (Å²) in [6, 6.07) is 21.2. The van der Waals surface area contributed by atoms with Crippen molar-refractivity contribution in [3.05, 3.63) is 102 Å². The third-order valence-corrected chi connectivity index (χ3v) is 9.67. The van der Waals surface area contributed by atoms with Gasteiger partial charge in [-0.3, -0.25) is 14.2 Å². The van der Waals surface area contributed by atoms with Crippen molar-refractivity contribution < 1.29 is 105 Å². The van der Waals surface area contributed by atoms with Crippen LogP contribution in [-0.4, -0.2) is 44.4 Å². The molecule has 0 saturated heterocycles. The Bertz CT molecular complexity index is 2860. The van der Waals surface area contributed by atoms with E-state index in [1.54, 1.807) is 43.3 Å². The average Bonchev–Trinajstić information content (AvgIpc) is 3.78. The minimum atomic E-state index is -4.87. The number of carbonyl (C=O) groups is 1. The molecule has 16 heteroatoms. The van der Waals surface area contributed by atoms with Crippen molar-refractivity contribution in [2.75, 3.05) is 17.4 Å². The van der Waals surface area contributed by atoms with Crippen LogP contribution in [0.3, 0.4) is 0 Å². The van der Waals surface area contributed by atoms with Crippen LogP contribution in [0.15, 0.2) is 104 Å². The Morgan fingerprint density at radius 1 is 0.827 bits per heavy atom. The molecule has 260 valence electrons. The number of nitrogens with zero attached hydrogens (tertiary/aromatic N) is 1. The van der Waals surface area contributed by atoms with Crippen molar-refractivity contribution in [1.82, 2.24) is 0 Å². The predicted octanol–water partition coefficient (Wildman–Crippen LogP) is 4.20. The van der Waals surface area contributed by atoms with E-state index in [9.17, 15) is 30.7 Å². The number of anilines is 1. The van der Waals surface area contributed by atoms with Crippen LogP contribution in [0.25, 0.3) is 60.9 Å². The molecular formula is C36H26KNO12S2. The van der Waals surface area contributed by atoms with Gasteiger partial charge in [-0.15, -0.1) is 0 Å². The number of ether oxygens (including phenoxy) is 2. The van der Waals surface area contributed by atoms with E-state index in [1.807, 2.05) is 36.4 Å². The third-order valence-electron chi connectivity index (χ3n) is 8.44. The summed E-state index contributed by atoms with van der Waals surface area (Å²) in [7, 11) is -9.46. The molecule has 4 aromatic carbocycles. The zero-order chi connectivity index (χ0) is 35.7. The summed E-state index contributed by atoms with van der Waals surface area (Å²) < 4.78 is 100. The average molecular weight is 768 g/mol. The number of hydrogen-bond donors (Lipinski definition) is 1. The Morgan fingerprint density at radius 3 is 2.06 bits per heavy atom. The van der Waals surface area contributed by atoms with Gasteiger partial charge in [0.1, 0.15) is 55.4 Å². The Balaban J connectivity index is 0.00000420. The van der Waals surface area contributed by atoms with Crippen LogP contribution < -0.4 is 61.0 Å². The molecule has 0 amide bonds. The SMILES string of the molecule is CCOC(=O)CC(=C/c1oc2cc3c(cc2c1CS(=O)(=O)O)oc1ccccc13)/C=C1/Oc2cc3c(cc2N1CS(=O)(=O)[O-])oc1ccccc13.[K+]. The molecule has 52 heavy (non-hydrogen) atoms. The predicted molar refractivity (Wildman–Crippen MR) is 187 cm³/mol. The number of carbonyl (C=O) groups excluding carboxylic acids is 1. The van der Waals surface area contributed by atoms with Crippen molar-refractivity contribution in [3.8, 4) is 5.75 Å². The van der Waals surface area contributed by atoms with Crippen molar-refractivity contribution in [1.29, 1.82) is 0 Å². The van der Waals surface area contributed by atoms with Gasteiger partial charge in [-0.2, -0.15) is 8.42 Å². The van der Waals surface area contributed by atoms with E-state index < -0.39 is 44.3 Å².